The molecule has 0 aliphatic carbocycles. The van der Waals surface area contributed by atoms with Gasteiger partial charge in [0.05, 0.1) is 17.7 Å². The highest BCUT2D eigenvalue weighted by atomic mass is 35.5. The first kappa shape index (κ1) is 21.7. The van der Waals surface area contributed by atoms with Gasteiger partial charge in [-0.3, -0.25) is 0 Å². The molecule has 158 valence electrons. The fourth-order valence-corrected chi connectivity index (χ4v) is 4.05. The number of benzene rings is 4. The lowest BCUT2D eigenvalue weighted by atomic mass is 9.91. The van der Waals surface area contributed by atoms with Gasteiger partial charge in [-0.1, -0.05) is 77.8 Å². The smallest absolute Gasteiger partial charge is 0.307 e. The van der Waals surface area contributed by atoms with Crippen LogP contribution in [-0.2, 0) is 0 Å². The minimum atomic E-state index is -0.544. The number of carbonyl (C=O) groups excluding carboxylic acids is 1. The van der Waals surface area contributed by atoms with Crippen molar-refractivity contribution in [3.63, 3.8) is 0 Å². The van der Waals surface area contributed by atoms with Gasteiger partial charge in [0.2, 0.25) is 0 Å². The van der Waals surface area contributed by atoms with Crippen LogP contribution in [0.4, 0.5) is 16.2 Å². The number of carbonyl (C=O) groups is 1. The molecule has 4 aromatic carbocycles. The average Bonchev–Trinajstić information content (AvgIpc) is 2.79. The predicted octanol–water partition coefficient (Wildman–Crippen LogP) is 7.75. The molecule has 0 spiro atoms. The van der Waals surface area contributed by atoms with Crippen molar-refractivity contribution in [2.45, 2.75) is 12.8 Å². The zero-order valence-corrected chi connectivity index (χ0v) is 18.7. The molecule has 4 rings (SSSR count). The van der Waals surface area contributed by atoms with Gasteiger partial charge in [-0.05, 0) is 53.3 Å². The molecule has 0 heterocycles. The maximum Gasteiger partial charge on any atom is 0.323 e. The van der Waals surface area contributed by atoms with E-state index in [2.05, 4.69) is 16.7 Å². The van der Waals surface area contributed by atoms with E-state index in [1.54, 1.807) is 18.2 Å². The molecule has 0 aliphatic heterocycles. The van der Waals surface area contributed by atoms with Gasteiger partial charge in [-0.25, -0.2) is 4.79 Å². The molecular formula is C26H19Cl2N3O. The van der Waals surface area contributed by atoms with Crippen LogP contribution in [0.3, 0.4) is 0 Å². The van der Waals surface area contributed by atoms with Crippen LogP contribution >= 0.6 is 23.2 Å². The van der Waals surface area contributed by atoms with E-state index in [0.717, 1.165) is 21.9 Å². The normalized spacial score (nSPS) is 11.6. The van der Waals surface area contributed by atoms with Crippen LogP contribution < -0.4 is 10.6 Å². The number of anilines is 2. The fourth-order valence-electron chi connectivity index (χ4n) is 3.65. The van der Waals surface area contributed by atoms with Crippen LogP contribution in [0.5, 0.6) is 0 Å². The van der Waals surface area contributed by atoms with Crippen molar-refractivity contribution < 1.29 is 4.79 Å². The summed E-state index contributed by atoms with van der Waals surface area (Å²) in [6, 6.07) is 26.1. The third kappa shape index (κ3) is 4.55. The molecule has 4 nitrogen and oxygen atoms in total. The van der Waals surface area contributed by atoms with Crippen LogP contribution in [-0.4, -0.2) is 6.03 Å². The number of fused-ring (bicyclic) bond motifs is 1. The summed E-state index contributed by atoms with van der Waals surface area (Å²) in [7, 11) is 0. The Morgan fingerprint density at radius 3 is 2.34 bits per heavy atom. The Morgan fingerprint density at radius 1 is 0.906 bits per heavy atom. The number of hydrogen-bond donors (Lipinski definition) is 2. The van der Waals surface area contributed by atoms with E-state index in [1.807, 2.05) is 67.6 Å². The maximum absolute atomic E-state index is 12.7. The summed E-state index contributed by atoms with van der Waals surface area (Å²) >= 11 is 12.5. The predicted molar refractivity (Wildman–Crippen MR) is 132 cm³/mol. The Balaban J connectivity index is 1.57. The molecule has 2 N–H and O–H groups in total. The zero-order valence-electron chi connectivity index (χ0n) is 17.2. The number of nitrogens with zero attached hydrogens (tertiary/aromatic N) is 1. The second-order valence-corrected chi connectivity index (χ2v) is 8.25. The molecule has 0 radical (unpaired) electrons. The largest absolute Gasteiger partial charge is 0.323 e. The Hall–Kier alpha value is -3.52. The zero-order chi connectivity index (χ0) is 22.7. The van der Waals surface area contributed by atoms with Crippen LogP contribution in [0.15, 0.2) is 78.9 Å². The number of hydrogen-bond acceptors (Lipinski definition) is 2. The van der Waals surface area contributed by atoms with Gasteiger partial charge in [0.1, 0.15) is 0 Å². The van der Waals surface area contributed by atoms with Gasteiger partial charge < -0.3 is 10.6 Å². The standard InChI is InChI=1S/C26H19Cl2N3O/c1-16-13-21(22(15-29)18-9-11-19(27)12-10-18)23(28)14-25(16)31-26(32)30-24-8-4-6-17-5-2-3-7-20(17)24/h2-14,22H,1H3,(H2,30,31,32). The van der Waals surface area contributed by atoms with Crippen molar-refractivity contribution in [2.75, 3.05) is 10.6 Å². The van der Waals surface area contributed by atoms with E-state index in [1.165, 1.54) is 0 Å². The Kier molecular flexibility index (Phi) is 6.32. The first-order valence-electron chi connectivity index (χ1n) is 9.97. The number of urea groups is 1. The minimum Gasteiger partial charge on any atom is -0.307 e. The molecule has 0 fully saturated rings. The summed E-state index contributed by atoms with van der Waals surface area (Å²) in [5.74, 6) is -0.544. The summed E-state index contributed by atoms with van der Waals surface area (Å²) in [6.07, 6.45) is 0. The number of halogens is 2. The van der Waals surface area contributed by atoms with Crippen molar-refractivity contribution in [3.05, 3.63) is 106 Å². The second-order valence-electron chi connectivity index (χ2n) is 7.41. The molecule has 0 bridgehead atoms. The molecule has 4 aromatic rings. The number of amides is 2. The van der Waals surface area contributed by atoms with E-state index in [-0.39, 0.29) is 6.03 Å². The maximum atomic E-state index is 12.7. The molecule has 2 amide bonds. The summed E-state index contributed by atoms with van der Waals surface area (Å²) in [4.78, 5) is 12.7. The second kappa shape index (κ2) is 9.32. The van der Waals surface area contributed by atoms with Crippen molar-refractivity contribution in [2.24, 2.45) is 0 Å². The average molecular weight is 460 g/mol. The SMILES string of the molecule is Cc1cc(C(C#N)c2ccc(Cl)cc2)c(Cl)cc1NC(=O)Nc1cccc2ccccc12. The van der Waals surface area contributed by atoms with Crippen LogP contribution in [0.2, 0.25) is 10.0 Å². The lowest BCUT2D eigenvalue weighted by Gasteiger charge is -2.17. The third-order valence-corrected chi connectivity index (χ3v) is 5.85. The van der Waals surface area contributed by atoms with Crippen molar-refractivity contribution in [3.8, 4) is 6.07 Å². The molecule has 6 heteroatoms. The Bertz CT molecular complexity index is 1340. The van der Waals surface area contributed by atoms with Gasteiger partial charge in [-0.15, -0.1) is 0 Å². The summed E-state index contributed by atoms with van der Waals surface area (Å²) in [6.45, 7) is 1.86. The summed E-state index contributed by atoms with van der Waals surface area (Å²) in [5, 5.41) is 18.5. The van der Waals surface area contributed by atoms with Gasteiger partial charge in [0.25, 0.3) is 0 Å². The van der Waals surface area contributed by atoms with E-state index < -0.39 is 5.92 Å². The highest BCUT2D eigenvalue weighted by molar-refractivity contribution is 6.32. The van der Waals surface area contributed by atoms with E-state index in [0.29, 0.717) is 27.0 Å². The number of nitriles is 1. The molecule has 32 heavy (non-hydrogen) atoms. The van der Waals surface area contributed by atoms with Crippen LogP contribution in [0.25, 0.3) is 10.8 Å². The van der Waals surface area contributed by atoms with Crippen molar-refractivity contribution >= 4 is 51.4 Å². The molecule has 0 saturated carbocycles. The number of aryl methyl sites for hydroxylation is 1. The molecule has 0 aliphatic rings. The molecule has 1 unspecified atom stereocenters. The molecule has 1 atom stereocenters. The van der Waals surface area contributed by atoms with Crippen LogP contribution in [0.1, 0.15) is 22.6 Å². The van der Waals surface area contributed by atoms with Gasteiger partial charge in [-0.2, -0.15) is 5.26 Å². The van der Waals surface area contributed by atoms with Crippen LogP contribution in [0, 0.1) is 18.3 Å². The summed E-state index contributed by atoms with van der Waals surface area (Å²) in [5.41, 5.74) is 3.56. The highest BCUT2D eigenvalue weighted by Crippen LogP contribution is 2.34. The third-order valence-electron chi connectivity index (χ3n) is 5.27. The number of rotatable bonds is 4. The van der Waals surface area contributed by atoms with Crippen molar-refractivity contribution in [1.82, 2.24) is 0 Å². The fraction of sp³-hybridized carbons (Fsp3) is 0.0769. The summed E-state index contributed by atoms with van der Waals surface area (Å²) < 4.78 is 0. The number of nitrogens with one attached hydrogen (secondary N) is 2. The molecular weight excluding hydrogens is 441 g/mol. The monoisotopic (exact) mass is 459 g/mol. The van der Waals surface area contributed by atoms with Crippen molar-refractivity contribution in [1.29, 1.82) is 5.26 Å². The Morgan fingerprint density at radius 2 is 1.59 bits per heavy atom. The lowest BCUT2D eigenvalue weighted by Crippen LogP contribution is -2.20. The lowest BCUT2D eigenvalue weighted by molar-refractivity contribution is 0.262. The van der Waals surface area contributed by atoms with Gasteiger partial charge in [0.15, 0.2) is 0 Å². The quantitative estimate of drug-likeness (QED) is 0.327. The Labute approximate surface area is 196 Å². The first-order chi connectivity index (χ1) is 15.5. The van der Waals surface area contributed by atoms with E-state index in [4.69, 9.17) is 23.2 Å². The van der Waals surface area contributed by atoms with Gasteiger partial charge >= 0.3 is 6.03 Å². The first-order valence-corrected chi connectivity index (χ1v) is 10.7. The molecule has 0 saturated heterocycles. The molecule has 0 aromatic heterocycles. The highest BCUT2D eigenvalue weighted by Gasteiger charge is 2.19. The minimum absolute atomic E-state index is 0.372. The van der Waals surface area contributed by atoms with Gasteiger partial charge in [0, 0.05) is 21.1 Å². The topological polar surface area (TPSA) is 64.9 Å². The van der Waals surface area contributed by atoms with E-state index in [9.17, 15) is 10.1 Å². The van der Waals surface area contributed by atoms with E-state index >= 15 is 0 Å².